The number of nitrogens with zero attached hydrogens (tertiary/aromatic N) is 3. The topological polar surface area (TPSA) is 61.9 Å². The lowest BCUT2D eigenvalue weighted by atomic mass is 10.1. The Morgan fingerprint density at radius 2 is 1.89 bits per heavy atom. The minimum absolute atomic E-state index is 0.0185. The second-order valence-electron chi connectivity index (χ2n) is 5.64. The standard InChI is InChI=1S/C18H15F3N4OS/c1-2-25-14-9-8-11(18(19,20)21)10-13(14)15(16(25)26)23-24-17(27)22-12-6-4-3-5-7-12/h3-10,26H,2H2,1H3,(H,22,27). The Morgan fingerprint density at radius 1 is 1.19 bits per heavy atom. The van der Waals surface area contributed by atoms with Crippen molar-refractivity contribution >= 4 is 39.6 Å². The van der Waals surface area contributed by atoms with Gasteiger partial charge in [0.1, 0.15) is 0 Å². The highest BCUT2D eigenvalue weighted by Crippen LogP contribution is 2.41. The van der Waals surface area contributed by atoms with Gasteiger partial charge in [-0.25, -0.2) is 0 Å². The van der Waals surface area contributed by atoms with E-state index in [2.05, 4.69) is 15.5 Å². The fourth-order valence-electron chi connectivity index (χ4n) is 2.68. The molecule has 5 nitrogen and oxygen atoms in total. The number of hydrogen-bond donors (Lipinski definition) is 2. The van der Waals surface area contributed by atoms with Crippen LogP contribution in [0.15, 0.2) is 58.8 Å². The molecule has 3 aromatic rings. The van der Waals surface area contributed by atoms with E-state index in [1.54, 1.807) is 31.2 Å². The zero-order chi connectivity index (χ0) is 19.6. The molecule has 2 aromatic carbocycles. The molecule has 0 bridgehead atoms. The van der Waals surface area contributed by atoms with Crippen molar-refractivity contribution in [1.29, 1.82) is 0 Å². The SMILES string of the molecule is CCn1c(O)c(N=NC(=S)Nc2ccccc2)c2cc(C(F)(F)F)ccc21. The van der Waals surface area contributed by atoms with Crippen LogP contribution in [-0.2, 0) is 12.7 Å². The van der Waals surface area contributed by atoms with Crippen molar-refractivity contribution in [2.75, 3.05) is 5.32 Å². The fourth-order valence-corrected chi connectivity index (χ4v) is 2.84. The summed E-state index contributed by atoms with van der Waals surface area (Å²) in [5.74, 6) is -0.266. The molecular formula is C18H15F3N4OS. The van der Waals surface area contributed by atoms with Crippen LogP contribution in [0.4, 0.5) is 24.5 Å². The molecule has 140 valence electrons. The summed E-state index contributed by atoms with van der Waals surface area (Å²) in [5, 5.41) is 21.1. The molecule has 0 spiro atoms. The molecule has 0 aliphatic heterocycles. The average molecular weight is 392 g/mol. The van der Waals surface area contributed by atoms with E-state index < -0.39 is 11.7 Å². The van der Waals surface area contributed by atoms with Crippen LogP contribution in [0.2, 0.25) is 0 Å². The van der Waals surface area contributed by atoms with Crippen LogP contribution in [0.1, 0.15) is 12.5 Å². The first-order valence-corrected chi connectivity index (χ1v) is 8.42. The Hall–Kier alpha value is -2.94. The molecule has 0 saturated heterocycles. The minimum atomic E-state index is -4.50. The number of halogens is 3. The van der Waals surface area contributed by atoms with E-state index in [9.17, 15) is 18.3 Å². The third-order valence-electron chi connectivity index (χ3n) is 3.92. The molecule has 0 fully saturated rings. The molecular weight excluding hydrogens is 377 g/mol. The summed E-state index contributed by atoms with van der Waals surface area (Å²) in [6.07, 6.45) is -4.50. The summed E-state index contributed by atoms with van der Waals surface area (Å²) in [7, 11) is 0. The summed E-state index contributed by atoms with van der Waals surface area (Å²) in [4.78, 5) is 0. The van der Waals surface area contributed by atoms with Crippen molar-refractivity contribution in [2.24, 2.45) is 10.2 Å². The molecule has 0 unspecified atom stereocenters. The van der Waals surface area contributed by atoms with Gasteiger partial charge in [-0.2, -0.15) is 13.2 Å². The van der Waals surface area contributed by atoms with Crippen LogP contribution in [0.3, 0.4) is 0 Å². The van der Waals surface area contributed by atoms with E-state index in [-0.39, 0.29) is 22.1 Å². The van der Waals surface area contributed by atoms with Gasteiger partial charge >= 0.3 is 6.18 Å². The largest absolute Gasteiger partial charge is 0.493 e. The number of aromatic nitrogens is 1. The van der Waals surface area contributed by atoms with E-state index in [1.165, 1.54) is 10.6 Å². The summed E-state index contributed by atoms with van der Waals surface area (Å²) in [5.41, 5.74) is 0.236. The van der Waals surface area contributed by atoms with Crippen LogP contribution >= 0.6 is 12.2 Å². The van der Waals surface area contributed by atoms with Crippen molar-refractivity contribution in [1.82, 2.24) is 4.57 Å². The maximum atomic E-state index is 13.0. The molecule has 0 aliphatic rings. The van der Waals surface area contributed by atoms with Gasteiger partial charge < -0.3 is 15.0 Å². The number of azo groups is 1. The van der Waals surface area contributed by atoms with Gasteiger partial charge in [-0.15, -0.1) is 10.2 Å². The molecule has 1 heterocycles. The van der Waals surface area contributed by atoms with E-state index in [0.29, 0.717) is 17.7 Å². The Balaban J connectivity index is 1.99. The van der Waals surface area contributed by atoms with Crippen molar-refractivity contribution in [2.45, 2.75) is 19.6 Å². The first-order valence-electron chi connectivity index (χ1n) is 8.01. The summed E-state index contributed by atoms with van der Waals surface area (Å²) < 4.78 is 40.6. The number of alkyl halides is 3. The van der Waals surface area contributed by atoms with Gasteiger partial charge in [0.15, 0.2) is 5.69 Å². The summed E-state index contributed by atoms with van der Waals surface area (Å²) in [6, 6.07) is 12.2. The second kappa shape index (κ2) is 7.36. The number of fused-ring (bicyclic) bond motifs is 1. The van der Waals surface area contributed by atoms with E-state index in [4.69, 9.17) is 12.2 Å². The van der Waals surface area contributed by atoms with Crippen LogP contribution in [-0.4, -0.2) is 14.8 Å². The van der Waals surface area contributed by atoms with Crippen LogP contribution in [0.5, 0.6) is 5.88 Å². The highest BCUT2D eigenvalue weighted by molar-refractivity contribution is 7.80. The minimum Gasteiger partial charge on any atom is -0.493 e. The zero-order valence-electron chi connectivity index (χ0n) is 14.2. The maximum Gasteiger partial charge on any atom is 0.416 e. The van der Waals surface area contributed by atoms with Crippen molar-refractivity contribution in [3.8, 4) is 5.88 Å². The molecule has 27 heavy (non-hydrogen) atoms. The van der Waals surface area contributed by atoms with Gasteiger partial charge in [-0.3, -0.25) is 0 Å². The van der Waals surface area contributed by atoms with E-state index >= 15 is 0 Å². The number of benzene rings is 2. The fraction of sp³-hybridized carbons (Fsp3) is 0.167. The van der Waals surface area contributed by atoms with Crippen LogP contribution in [0.25, 0.3) is 10.9 Å². The molecule has 1 aromatic heterocycles. The highest BCUT2D eigenvalue weighted by atomic mass is 32.1. The highest BCUT2D eigenvalue weighted by Gasteiger charge is 2.31. The summed E-state index contributed by atoms with van der Waals surface area (Å²) >= 11 is 5.08. The van der Waals surface area contributed by atoms with Crippen LogP contribution < -0.4 is 5.32 Å². The lowest BCUT2D eigenvalue weighted by Gasteiger charge is -2.07. The molecule has 0 aliphatic carbocycles. The van der Waals surface area contributed by atoms with Gasteiger partial charge in [-0.05, 0) is 49.5 Å². The lowest BCUT2D eigenvalue weighted by Crippen LogP contribution is -2.04. The van der Waals surface area contributed by atoms with E-state index in [1.807, 2.05) is 6.07 Å². The number of para-hydroxylation sites is 1. The van der Waals surface area contributed by atoms with Crippen LogP contribution in [0, 0.1) is 0 Å². The average Bonchev–Trinajstić information content (AvgIpc) is 2.90. The smallest absolute Gasteiger partial charge is 0.416 e. The molecule has 0 saturated carbocycles. The number of aromatic hydroxyl groups is 1. The Morgan fingerprint density at radius 3 is 2.52 bits per heavy atom. The predicted molar refractivity (Wildman–Crippen MR) is 101 cm³/mol. The third kappa shape index (κ3) is 3.92. The third-order valence-corrected chi connectivity index (χ3v) is 4.10. The quantitative estimate of drug-likeness (QED) is 0.433. The first-order chi connectivity index (χ1) is 12.8. The maximum absolute atomic E-state index is 13.0. The Labute approximate surface area is 158 Å². The molecule has 9 heteroatoms. The predicted octanol–water partition coefficient (Wildman–Crippen LogP) is 5.87. The number of thiocarbonyl (C=S) groups is 1. The van der Waals surface area contributed by atoms with Gasteiger partial charge in [0.25, 0.3) is 0 Å². The second-order valence-corrected chi connectivity index (χ2v) is 6.03. The number of nitrogens with one attached hydrogen (secondary N) is 1. The van der Waals surface area contributed by atoms with E-state index in [0.717, 1.165) is 12.1 Å². The van der Waals surface area contributed by atoms with Gasteiger partial charge in [0.05, 0.1) is 11.1 Å². The Kier molecular flexibility index (Phi) is 5.13. The monoisotopic (exact) mass is 392 g/mol. The molecule has 0 amide bonds. The number of anilines is 1. The normalized spacial score (nSPS) is 12.0. The van der Waals surface area contributed by atoms with Gasteiger partial charge in [0.2, 0.25) is 11.0 Å². The lowest BCUT2D eigenvalue weighted by molar-refractivity contribution is -0.137. The molecule has 0 atom stereocenters. The molecule has 0 radical (unpaired) electrons. The van der Waals surface area contributed by atoms with Crippen molar-refractivity contribution in [3.63, 3.8) is 0 Å². The zero-order valence-corrected chi connectivity index (χ0v) is 15.0. The first kappa shape index (κ1) is 18.8. The number of rotatable bonds is 3. The van der Waals surface area contributed by atoms with Crippen molar-refractivity contribution < 1.29 is 18.3 Å². The molecule has 2 N–H and O–H groups in total. The molecule has 3 rings (SSSR count). The van der Waals surface area contributed by atoms with Crippen molar-refractivity contribution in [3.05, 3.63) is 54.1 Å². The number of aryl methyl sites for hydroxylation is 1. The number of hydrogen-bond acceptors (Lipinski definition) is 3. The Bertz CT molecular complexity index is 1010. The van der Waals surface area contributed by atoms with Gasteiger partial charge in [0, 0.05) is 17.6 Å². The van der Waals surface area contributed by atoms with Gasteiger partial charge in [-0.1, -0.05) is 18.2 Å². The summed E-state index contributed by atoms with van der Waals surface area (Å²) in [6.45, 7) is 2.12.